The molecule has 0 bridgehead atoms. The van der Waals surface area contributed by atoms with Gasteiger partial charge in [0.2, 0.25) is 0 Å². The zero-order valence-corrected chi connectivity index (χ0v) is 16.3. The maximum absolute atomic E-state index is 11.6. The summed E-state index contributed by atoms with van der Waals surface area (Å²) in [7, 11) is 0. The molecule has 1 saturated carbocycles. The summed E-state index contributed by atoms with van der Waals surface area (Å²) in [5.41, 5.74) is 1.05. The standard InChI is InChI=1S/C24H30O3/c1-3-23-16-22(2,26)24(27,14-17-7-5-4-6-8-17)15-19(23)10-9-18-13-20(25)11-12-21(18)23/h4-8,11-13,19,25-27H,3,9-10,14-16H2,1-2H3/t19-,22?,23-,24?/m1/s1. The van der Waals surface area contributed by atoms with Crippen LogP contribution in [0.15, 0.2) is 48.5 Å². The predicted molar refractivity (Wildman–Crippen MR) is 107 cm³/mol. The Labute approximate surface area is 161 Å². The van der Waals surface area contributed by atoms with Gasteiger partial charge in [0, 0.05) is 11.8 Å². The number of aryl methyl sites for hydroxylation is 1. The molecule has 2 aliphatic carbocycles. The second-order valence-corrected chi connectivity index (χ2v) is 8.94. The minimum absolute atomic E-state index is 0.145. The van der Waals surface area contributed by atoms with E-state index >= 15 is 0 Å². The van der Waals surface area contributed by atoms with Gasteiger partial charge in [0.15, 0.2) is 0 Å². The van der Waals surface area contributed by atoms with Crippen LogP contribution < -0.4 is 0 Å². The molecule has 3 N–H and O–H groups in total. The van der Waals surface area contributed by atoms with Crippen LogP contribution in [0.4, 0.5) is 0 Å². The highest BCUT2D eigenvalue weighted by Gasteiger charge is 2.60. The zero-order chi connectivity index (χ0) is 19.3. The number of fused-ring (bicyclic) bond motifs is 3. The summed E-state index contributed by atoms with van der Waals surface area (Å²) in [6.07, 6.45) is 4.44. The lowest BCUT2D eigenvalue weighted by molar-refractivity contribution is -0.198. The van der Waals surface area contributed by atoms with Crippen LogP contribution in [0, 0.1) is 5.92 Å². The van der Waals surface area contributed by atoms with E-state index in [-0.39, 0.29) is 5.41 Å². The van der Waals surface area contributed by atoms with Crippen molar-refractivity contribution in [3.8, 4) is 5.75 Å². The molecule has 0 spiro atoms. The van der Waals surface area contributed by atoms with Gasteiger partial charge in [0.1, 0.15) is 5.75 Å². The van der Waals surface area contributed by atoms with Crippen molar-refractivity contribution in [2.45, 2.75) is 69.0 Å². The molecule has 3 nitrogen and oxygen atoms in total. The number of aromatic hydroxyl groups is 1. The molecule has 3 heteroatoms. The summed E-state index contributed by atoms with van der Waals surface area (Å²) in [5.74, 6) is 0.634. The van der Waals surface area contributed by atoms with Crippen molar-refractivity contribution in [2.75, 3.05) is 0 Å². The van der Waals surface area contributed by atoms with Crippen LogP contribution in [0.25, 0.3) is 0 Å². The first kappa shape index (κ1) is 18.5. The number of benzene rings is 2. The van der Waals surface area contributed by atoms with Gasteiger partial charge >= 0.3 is 0 Å². The Morgan fingerprint density at radius 3 is 2.52 bits per heavy atom. The lowest BCUT2D eigenvalue weighted by atomic mass is 9.49. The molecule has 144 valence electrons. The van der Waals surface area contributed by atoms with Crippen molar-refractivity contribution in [2.24, 2.45) is 5.92 Å². The second-order valence-electron chi connectivity index (χ2n) is 8.94. The van der Waals surface area contributed by atoms with Crippen LogP contribution >= 0.6 is 0 Å². The normalized spacial score (nSPS) is 35.3. The zero-order valence-electron chi connectivity index (χ0n) is 16.3. The summed E-state index contributed by atoms with van der Waals surface area (Å²) in [4.78, 5) is 0. The molecular formula is C24H30O3. The Bertz CT molecular complexity index is 829. The van der Waals surface area contributed by atoms with E-state index in [9.17, 15) is 15.3 Å². The highest BCUT2D eigenvalue weighted by Crippen LogP contribution is 2.58. The molecule has 2 aromatic rings. The third-order valence-corrected chi connectivity index (χ3v) is 7.39. The van der Waals surface area contributed by atoms with E-state index in [1.165, 1.54) is 11.1 Å². The molecule has 4 atom stereocenters. The maximum Gasteiger partial charge on any atom is 0.115 e. The summed E-state index contributed by atoms with van der Waals surface area (Å²) in [5, 5.41) is 33.0. The highest BCUT2D eigenvalue weighted by molar-refractivity contribution is 5.44. The molecule has 2 aromatic carbocycles. The van der Waals surface area contributed by atoms with Gasteiger partial charge in [-0.2, -0.15) is 0 Å². The Hall–Kier alpha value is -1.84. The fraction of sp³-hybridized carbons (Fsp3) is 0.500. The first-order chi connectivity index (χ1) is 12.8. The largest absolute Gasteiger partial charge is 0.508 e. The van der Waals surface area contributed by atoms with Crippen LogP contribution in [0.1, 0.15) is 56.2 Å². The highest BCUT2D eigenvalue weighted by atomic mass is 16.4. The van der Waals surface area contributed by atoms with Gasteiger partial charge in [-0.05, 0) is 73.8 Å². The predicted octanol–water partition coefficient (Wildman–Crippen LogP) is 4.12. The van der Waals surface area contributed by atoms with Crippen LogP contribution in [-0.4, -0.2) is 26.5 Å². The topological polar surface area (TPSA) is 60.7 Å². The molecule has 4 rings (SSSR count). The molecule has 0 aromatic heterocycles. The van der Waals surface area contributed by atoms with Crippen molar-refractivity contribution in [1.29, 1.82) is 0 Å². The maximum atomic E-state index is 11.6. The van der Waals surface area contributed by atoms with Crippen molar-refractivity contribution in [1.82, 2.24) is 0 Å². The van der Waals surface area contributed by atoms with Gasteiger partial charge in [-0.1, -0.05) is 43.3 Å². The molecule has 27 heavy (non-hydrogen) atoms. The Balaban J connectivity index is 1.74. The number of phenolic OH excluding ortho intramolecular Hbond substituents is 1. The number of rotatable bonds is 3. The second kappa shape index (κ2) is 6.35. The lowest BCUT2D eigenvalue weighted by Gasteiger charge is -2.59. The van der Waals surface area contributed by atoms with Gasteiger partial charge in [-0.15, -0.1) is 0 Å². The molecule has 0 saturated heterocycles. The van der Waals surface area contributed by atoms with Gasteiger partial charge < -0.3 is 15.3 Å². The minimum atomic E-state index is -1.18. The fourth-order valence-electron chi connectivity index (χ4n) is 5.84. The minimum Gasteiger partial charge on any atom is -0.508 e. The summed E-state index contributed by atoms with van der Waals surface area (Å²) in [6, 6.07) is 15.7. The van der Waals surface area contributed by atoms with Gasteiger partial charge in [0.05, 0.1) is 11.2 Å². The quantitative estimate of drug-likeness (QED) is 0.766. The SMILES string of the molecule is CC[C@@]12CC(C)(O)C(O)(Cc3ccccc3)C[C@H]1CCc1cc(O)ccc12. The smallest absolute Gasteiger partial charge is 0.115 e. The van der Waals surface area contributed by atoms with Gasteiger partial charge in [0.25, 0.3) is 0 Å². The first-order valence-electron chi connectivity index (χ1n) is 10.1. The molecule has 0 radical (unpaired) electrons. The van der Waals surface area contributed by atoms with E-state index in [2.05, 4.69) is 6.92 Å². The van der Waals surface area contributed by atoms with Gasteiger partial charge in [-0.3, -0.25) is 0 Å². The molecule has 2 aliphatic rings. The molecule has 0 aliphatic heterocycles. The Kier molecular flexibility index (Phi) is 4.36. The Morgan fingerprint density at radius 2 is 1.81 bits per heavy atom. The molecule has 0 heterocycles. The van der Waals surface area contributed by atoms with E-state index < -0.39 is 11.2 Å². The fourth-order valence-corrected chi connectivity index (χ4v) is 5.84. The van der Waals surface area contributed by atoms with Crippen molar-refractivity contribution < 1.29 is 15.3 Å². The molecule has 2 unspecified atom stereocenters. The van der Waals surface area contributed by atoms with Crippen molar-refractivity contribution in [3.05, 3.63) is 65.2 Å². The molecule has 1 fully saturated rings. The van der Waals surface area contributed by atoms with E-state index in [0.29, 0.717) is 30.9 Å². The van der Waals surface area contributed by atoms with E-state index in [4.69, 9.17) is 0 Å². The number of phenols is 1. The number of aliphatic hydroxyl groups is 2. The van der Waals surface area contributed by atoms with E-state index in [1.54, 1.807) is 13.0 Å². The lowest BCUT2D eigenvalue weighted by Crippen LogP contribution is -2.64. The average molecular weight is 367 g/mol. The van der Waals surface area contributed by atoms with Crippen LogP contribution in [-0.2, 0) is 18.3 Å². The van der Waals surface area contributed by atoms with Crippen molar-refractivity contribution >= 4 is 0 Å². The van der Waals surface area contributed by atoms with E-state index in [1.807, 2.05) is 42.5 Å². The molecule has 0 amide bonds. The Morgan fingerprint density at radius 1 is 1.07 bits per heavy atom. The van der Waals surface area contributed by atoms with Crippen molar-refractivity contribution in [3.63, 3.8) is 0 Å². The number of hydrogen-bond donors (Lipinski definition) is 3. The molecular weight excluding hydrogens is 336 g/mol. The summed E-state index contributed by atoms with van der Waals surface area (Å²) in [6.45, 7) is 3.99. The van der Waals surface area contributed by atoms with Crippen LogP contribution in [0.2, 0.25) is 0 Å². The van der Waals surface area contributed by atoms with E-state index in [0.717, 1.165) is 24.8 Å². The van der Waals surface area contributed by atoms with Crippen LogP contribution in [0.5, 0.6) is 5.75 Å². The average Bonchev–Trinajstić information content (AvgIpc) is 2.63. The van der Waals surface area contributed by atoms with Crippen LogP contribution in [0.3, 0.4) is 0 Å². The summed E-state index contributed by atoms with van der Waals surface area (Å²) >= 11 is 0. The first-order valence-corrected chi connectivity index (χ1v) is 10.1. The monoisotopic (exact) mass is 366 g/mol. The van der Waals surface area contributed by atoms with Gasteiger partial charge in [-0.25, -0.2) is 0 Å². The number of hydrogen-bond acceptors (Lipinski definition) is 3. The third kappa shape index (κ3) is 2.88. The summed E-state index contributed by atoms with van der Waals surface area (Å²) < 4.78 is 0. The third-order valence-electron chi connectivity index (χ3n) is 7.39.